The van der Waals surface area contributed by atoms with Crippen LogP contribution in [0.25, 0.3) is 0 Å². The van der Waals surface area contributed by atoms with Crippen LogP contribution in [-0.4, -0.2) is 52.3 Å². The highest BCUT2D eigenvalue weighted by molar-refractivity contribution is 5.83. The first-order valence-electron chi connectivity index (χ1n) is 4.87. The van der Waals surface area contributed by atoms with E-state index in [1.807, 2.05) is 0 Å². The van der Waals surface area contributed by atoms with Crippen molar-refractivity contribution in [1.82, 2.24) is 10.2 Å². The molecule has 6 nitrogen and oxygen atoms in total. The summed E-state index contributed by atoms with van der Waals surface area (Å²) in [5, 5.41) is 20.2. The van der Waals surface area contributed by atoms with E-state index in [0.29, 0.717) is 0 Å². The number of nitrogens with zero attached hydrogens (tertiary/aromatic N) is 1. The molecule has 2 amide bonds. The third-order valence-electron chi connectivity index (χ3n) is 2.44. The maximum atomic E-state index is 11.5. The second-order valence-corrected chi connectivity index (χ2v) is 3.85. The van der Waals surface area contributed by atoms with Crippen LogP contribution >= 0.6 is 0 Å². The minimum atomic E-state index is -1.25. The van der Waals surface area contributed by atoms with Crippen molar-refractivity contribution in [3.05, 3.63) is 0 Å². The topological polar surface area (TPSA) is 89.9 Å². The van der Waals surface area contributed by atoms with Crippen LogP contribution in [0.2, 0.25) is 0 Å². The molecule has 1 fully saturated rings. The number of carbonyl (C=O) groups excluding carboxylic acids is 1. The molecule has 0 aromatic rings. The van der Waals surface area contributed by atoms with E-state index < -0.39 is 24.1 Å². The van der Waals surface area contributed by atoms with Gasteiger partial charge >= 0.3 is 12.0 Å². The fourth-order valence-electron chi connectivity index (χ4n) is 1.25. The molecule has 0 aliphatic heterocycles. The Morgan fingerprint density at radius 1 is 1.47 bits per heavy atom. The van der Waals surface area contributed by atoms with Gasteiger partial charge in [-0.2, -0.15) is 0 Å². The molecule has 2 atom stereocenters. The Kier molecular flexibility index (Phi) is 3.52. The Balaban J connectivity index is 2.49. The molecule has 1 saturated carbocycles. The van der Waals surface area contributed by atoms with Gasteiger partial charge in [0.05, 0.1) is 6.10 Å². The van der Waals surface area contributed by atoms with E-state index in [4.69, 9.17) is 10.2 Å². The Hall–Kier alpha value is -1.30. The quantitative estimate of drug-likeness (QED) is 0.597. The van der Waals surface area contributed by atoms with Crippen LogP contribution in [-0.2, 0) is 4.79 Å². The Bertz CT molecular complexity index is 263. The van der Waals surface area contributed by atoms with Crippen molar-refractivity contribution in [2.45, 2.75) is 38.0 Å². The molecule has 0 spiro atoms. The molecule has 0 heterocycles. The fraction of sp³-hybridized carbons (Fsp3) is 0.778. The molecule has 1 aliphatic rings. The largest absolute Gasteiger partial charge is 0.480 e. The maximum absolute atomic E-state index is 11.5. The third kappa shape index (κ3) is 3.09. The first kappa shape index (κ1) is 11.8. The highest BCUT2D eigenvalue weighted by atomic mass is 16.4. The highest BCUT2D eigenvalue weighted by Crippen LogP contribution is 2.25. The summed E-state index contributed by atoms with van der Waals surface area (Å²) >= 11 is 0. The van der Waals surface area contributed by atoms with Gasteiger partial charge in [0, 0.05) is 13.1 Å². The highest BCUT2D eigenvalue weighted by Gasteiger charge is 2.32. The molecule has 0 unspecified atom stereocenters. The van der Waals surface area contributed by atoms with Gasteiger partial charge in [-0.3, -0.25) is 0 Å². The number of carboxylic acids is 1. The number of carboxylic acid groups (broad SMARTS) is 1. The van der Waals surface area contributed by atoms with Gasteiger partial charge in [-0.05, 0) is 19.8 Å². The minimum absolute atomic E-state index is 0.216. The van der Waals surface area contributed by atoms with Crippen LogP contribution in [0.5, 0.6) is 0 Å². The van der Waals surface area contributed by atoms with Crippen LogP contribution in [0.3, 0.4) is 0 Å². The van der Waals surface area contributed by atoms with Crippen molar-refractivity contribution in [2.24, 2.45) is 0 Å². The van der Waals surface area contributed by atoms with E-state index in [0.717, 1.165) is 12.8 Å². The molecule has 15 heavy (non-hydrogen) atoms. The number of nitrogens with one attached hydrogen (secondary N) is 1. The van der Waals surface area contributed by atoms with Gasteiger partial charge in [0.15, 0.2) is 6.04 Å². The SMILES string of the molecule is C[C@@H](O)[C@H](NC(=O)N(C)C1CC1)C(=O)O. The molecular formula is C9H16N2O4. The molecule has 6 heteroatoms. The number of urea groups is 1. The Labute approximate surface area is 87.9 Å². The first-order valence-corrected chi connectivity index (χ1v) is 4.87. The minimum Gasteiger partial charge on any atom is -0.480 e. The number of hydrogen-bond donors (Lipinski definition) is 3. The number of hydrogen-bond acceptors (Lipinski definition) is 3. The number of aliphatic hydroxyl groups excluding tert-OH is 1. The molecule has 0 aromatic carbocycles. The van der Waals surface area contributed by atoms with E-state index in [-0.39, 0.29) is 6.04 Å². The lowest BCUT2D eigenvalue weighted by Crippen LogP contribution is -2.51. The second kappa shape index (κ2) is 4.48. The van der Waals surface area contributed by atoms with Crippen LogP contribution in [0, 0.1) is 0 Å². The molecule has 3 N–H and O–H groups in total. The van der Waals surface area contributed by atoms with E-state index in [1.165, 1.54) is 11.8 Å². The van der Waals surface area contributed by atoms with Crippen molar-refractivity contribution in [3.8, 4) is 0 Å². The maximum Gasteiger partial charge on any atom is 0.328 e. The lowest BCUT2D eigenvalue weighted by Gasteiger charge is -2.22. The van der Waals surface area contributed by atoms with Crippen LogP contribution in [0.4, 0.5) is 4.79 Å². The van der Waals surface area contributed by atoms with Gasteiger partial charge in [-0.25, -0.2) is 9.59 Å². The zero-order chi connectivity index (χ0) is 11.6. The van der Waals surface area contributed by atoms with E-state index in [1.54, 1.807) is 7.05 Å². The van der Waals surface area contributed by atoms with Gasteiger partial charge in [0.1, 0.15) is 0 Å². The summed E-state index contributed by atoms with van der Waals surface area (Å²) in [4.78, 5) is 23.6. The first-order chi connectivity index (χ1) is 6.93. The van der Waals surface area contributed by atoms with Crippen molar-refractivity contribution in [3.63, 3.8) is 0 Å². The van der Waals surface area contributed by atoms with Crippen LogP contribution in [0.15, 0.2) is 0 Å². The molecule has 1 rings (SSSR count). The summed E-state index contributed by atoms with van der Waals surface area (Å²) < 4.78 is 0. The van der Waals surface area contributed by atoms with Gasteiger partial charge in [0.2, 0.25) is 0 Å². The van der Waals surface area contributed by atoms with Crippen LogP contribution < -0.4 is 5.32 Å². The van der Waals surface area contributed by atoms with Crippen molar-refractivity contribution in [1.29, 1.82) is 0 Å². The van der Waals surface area contributed by atoms with Crippen LogP contribution in [0.1, 0.15) is 19.8 Å². The number of amides is 2. The smallest absolute Gasteiger partial charge is 0.328 e. The number of rotatable bonds is 4. The summed E-state index contributed by atoms with van der Waals surface area (Å²) in [6.07, 6.45) is 0.797. The zero-order valence-electron chi connectivity index (χ0n) is 8.80. The predicted molar refractivity (Wildman–Crippen MR) is 52.4 cm³/mol. The average Bonchev–Trinajstić information content (AvgIpc) is 2.94. The lowest BCUT2D eigenvalue weighted by molar-refractivity contribution is -0.141. The van der Waals surface area contributed by atoms with Gasteiger partial charge in [-0.15, -0.1) is 0 Å². The summed E-state index contributed by atoms with van der Waals surface area (Å²) in [5.74, 6) is -1.23. The van der Waals surface area contributed by atoms with E-state index in [2.05, 4.69) is 5.32 Å². The van der Waals surface area contributed by atoms with E-state index in [9.17, 15) is 9.59 Å². The molecule has 0 radical (unpaired) electrons. The van der Waals surface area contributed by atoms with E-state index >= 15 is 0 Å². The van der Waals surface area contributed by atoms with Crippen molar-refractivity contribution < 1.29 is 19.8 Å². The zero-order valence-corrected chi connectivity index (χ0v) is 8.80. The normalized spacial score (nSPS) is 19.1. The number of carbonyl (C=O) groups is 2. The van der Waals surface area contributed by atoms with Gasteiger partial charge in [-0.1, -0.05) is 0 Å². The number of aliphatic hydroxyl groups is 1. The third-order valence-corrected chi connectivity index (χ3v) is 2.44. The van der Waals surface area contributed by atoms with Crippen molar-refractivity contribution >= 4 is 12.0 Å². The average molecular weight is 216 g/mol. The molecule has 0 aromatic heterocycles. The Morgan fingerprint density at radius 2 is 2.00 bits per heavy atom. The molecule has 0 bridgehead atoms. The molecule has 1 aliphatic carbocycles. The summed E-state index contributed by atoms with van der Waals surface area (Å²) in [5.41, 5.74) is 0. The summed E-state index contributed by atoms with van der Waals surface area (Å²) in [7, 11) is 1.62. The van der Waals surface area contributed by atoms with Crippen molar-refractivity contribution in [2.75, 3.05) is 7.05 Å². The fourth-order valence-corrected chi connectivity index (χ4v) is 1.25. The van der Waals surface area contributed by atoms with Gasteiger partial charge < -0.3 is 20.4 Å². The molecular weight excluding hydrogens is 200 g/mol. The second-order valence-electron chi connectivity index (χ2n) is 3.85. The van der Waals surface area contributed by atoms with Gasteiger partial charge in [0.25, 0.3) is 0 Å². The monoisotopic (exact) mass is 216 g/mol. The standard InChI is InChI=1S/C9H16N2O4/c1-5(12)7(8(13)14)10-9(15)11(2)6-3-4-6/h5-7,12H,3-4H2,1-2H3,(H,10,15)(H,13,14)/t5-,7+/m1/s1. The summed E-state index contributed by atoms with van der Waals surface area (Å²) in [6.45, 7) is 1.33. The number of aliphatic carboxylic acids is 1. The molecule has 86 valence electrons. The lowest BCUT2D eigenvalue weighted by atomic mass is 10.2. The summed E-state index contributed by atoms with van der Waals surface area (Å²) in [6, 6.07) is -1.49. The Morgan fingerprint density at radius 3 is 2.33 bits per heavy atom. The predicted octanol–water partition coefficient (Wildman–Crippen LogP) is -0.376. The molecule has 0 saturated heterocycles.